The van der Waals surface area contributed by atoms with E-state index < -0.39 is 41.2 Å². The Bertz CT molecular complexity index is 747. The van der Waals surface area contributed by atoms with Gasteiger partial charge in [-0.15, -0.1) is 0 Å². The molecule has 0 aliphatic carbocycles. The van der Waals surface area contributed by atoms with Gasteiger partial charge in [-0.25, -0.2) is 4.79 Å². The standard InChI is InChI=1S/C12H11FN2O6/c1-5-10(17)8(21-6(2)16)3-9(20-5)15-4-7(13)11(18)14-12(15)19/h3-5,9H,1-2H3,(H,14,18,19). The smallest absolute Gasteiger partial charge is 0.330 e. The molecule has 0 radical (unpaired) electrons. The second kappa shape index (κ2) is 5.44. The summed E-state index contributed by atoms with van der Waals surface area (Å²) in [5.74, 6) is -2.79. The van der Waals surface area contributed by atoms with Crippen molar-refractivity contribution in [3.63, 3.8) is 0 Å². The van der Waals surface area contributed by atoms with Crippen LogP contribution in [0.5, 0.6) is 0 Å². The fourth-order valence-electron chi connectivity index (χ4n) is 1.76. The maximum Gasteiger partial charge on any atom is 0.330 e. The number of rotatable bonds is 2. The molecule has 8 nitrogen and oxygen atoms in total. The molecule has 2 heterocycles. The molecule has 1 aromatic rings. The number of hydrogen-bond acceptors (Lipinski definition) is 6. The van der Waals surface area contributed by atoms with Gasteiger partial charge in [0.25, 0.3) is 5.56 Å². The molecule has 0 saturated carbocycles. The second-order valence-corrected chi connectivity index (χ2v) is 4.30. The summed E-state index contributed by atoms with van der Waals surface area (Å²) in [6.45, 7) is 2.49. The van der Waals surface area contributed by atoms with Crippen molar-refractivity contribution in [1.82, 2.24) is 9.55 Å². The Morgan fingerprint density at radius 2 is 2.10 bits per heavy atom. The van der Waals surface area contributed by atoms with Crippen LogP contribution in [-0.2, 0) is 19.1 Å². The minimum atomic E-state index is -1.19. The van der Waals surface area contributed by atoms with Crippen LogP contribution in [0.1, 0.15) is 20.1 Å². The number of carbonyl (C=O) groups excluding carboxylic acids is 2. The van der Waals surface area contributed by atoms with E-state index in [1.54, 1.807) is 4.98 Å². The molecule has 9 heteroatoms. The van der Waals surface area contributed by atoms with Gasteiger partial charge >= 0.3 is 11.7 Å². The van der Waals surface area contributed by atoms with Gasteiger partial charge in [-0.1, -0.05) is 0 Å². The summed E-state index contributed by atoms with van der Waals surface area (Å²) in [5.41, 5.74) is -2.09. The van der Waals surface area contributed by atoms with Crippen molar-refractivity contribution in [3.8, 4) is 0 Å². The predicted molar refractivity (Wildman–Crippen MR) is 65.7 cm³/mol. The number of aromatic nitrogens is 2. The maximum absolute atomic E-state index is 13.3. The first-order valence-corrected chi connectivity index (χ1v) is 5.90. The van der Waals surface area contributed by atoms with Crippen LogP contribution >= 0.6 is 0 Å². The van der Waals surface area contributed by atoms with E-state index in [9.17, 15) is 23.6 Å². The van der Waals surface area contributed by atoms with E-state index in [2.05, 4.69) is 0 Å². The van der Waals surface area contributed by atoms with Gasteiger partial charge < -0.3 is 9.47 Å². The molecule has 21 heavy (non-hydrogen) atoms. The first kappa shape index (κ1) is 14.9. The highest BCUT2D eigenvalue weighted by Crippen LogP contribution is 2.22. The predicted octanol–water partition coefficient (Wildman–Crippen LogP) is -0.391. The van der Waals surface area contributed by atoms with Gasteiger partial charge in [0.15, 0.2) is 12.0 Å². The molecule has 0 fully saturated rings. The molecule has 1 N–H and O–H groups in total. The van der Waals surface area contributed by atoms with Crippen LogP contribution < -0.4 is 11.2 Å². The highest BCUT2D eigenvalue weighted by molar-refractivity contribution is 5.99. The van der Waals surface area contributed by atoms with Crippen LogP contribution in [-0.4, -0.2) is 27.4 Å². The molecular weight excluding hydrogens is 287 g/mol. The van der Waals surface area contributed by atoms with Gasteiger partial charge in [-0.3, -0.25) is 23.9 Å². The van der Waals surface area contributed by atoms with Crippen molar-refractivity contribution in [3.05, 3.63) is 44.7 Å². The maximum atomic E-state index is 13.3. The second-order valence-electron chi connectivity index (χ2n) is 4.30. The Balaban J connectivity index is 2.49. The molecule has 0 amide bonds. The number of hydrogen-bond donors (Lipinski definition) is 1. The number of nitrogens with zero attached hydrogens (tertiary/aromatic N) is 1. The lowest BCUT2D eigenvalue weighted by molar-refractivity contribution is -0.147. The summed E-state index contributed by atoms with van der Waals surface area (Å²) >= 11 is 0. The molecule has 2 rings (SSSR count). The molecule has 1 aliphatic heterocycles. The van der Waals surface area contributed by atoms with Crippen molar-refractivity contribution < 1.29 is 23.5 Å². The number of aromatic amines is 1. The Morgan fingerprint density at radius 1 is 1.43 bits per heavy atom. The molecule has 0 aromatic carbocycles. The average molecular weight is 298 g/mol. The molecule has 1 aromatic heterocycles. The zero-order valence-electron chi connectivity index (χ0n) is 11.1. The zero-order valence-corrected chi connectivity index (χ0v) is 11.1. The highest BCUT2D eigenvalue weighted by Gasteiger charge is 2.31. The number of halogens is 1. The number of esters is 1. The highest BCUT2D eigenvalue weighted by atomic mass is 19.1. The minimum Gasteiger partial charge on any atom is -0.423 e. The number of ketones is 1. The lowest BCUT2D eigenvalue weighted by atomic mass is 10.1. The van der Waals surface area contributed by atoms with E-state index in [-0.39, 0.29) is 5.76 Å². The van der Waals surface area contributed by atoms with Crippen molar-refractivity contribution in [2.75, 3.05) is 0 Å². The van der Waals surface area contributed by atoms with E-state index in [1.807, 2.05) is 0 Å². The van der Waals surface area contributed by atoms with Gasteiger partial charge in [0.2, 0.25) is 11.6 Å². The van der Waals surface area contributed by atoms with Crippen LogP contribution in [0.2, 0.25) is 0 Å². The minimum absolute atomic E-state index is 0.301. The molecule has 0 bridgehead atoms. The quantitative estimate of drug-likeness (QED) is 0.745. The number of Topliss-reactive ketones (excluding diaryl/α,β-unsaturated/α-hetero) is 1. The summed E-state index contributed by atoms with van der Waals surface area (Å²) < 4.78 is 24.0. The van der Waals surface area contributed by atoms with Crippen molar-refractivity contribution in [2.24, 2.45) is 0 Å². The first-order valence-electron chi connectivity index (χ1n) is 5.90. The van der Waals surface area contributed by atoms with E-state index >= 15 is 0 Å². The Kier molecular flexibility index (Phi) is 3.85. The zero-order chi connectivity index (χ0) is 15.7. The lowest BCUT2D eigenvalue weighted by Crippen LogP contribution is -2.39. The lowest BCUT2D eigenvalue weighted by Gasteiger charge is -2.26. The monoisotopic (exact) mass is 298 g/mol. The number of nitrogens with one attached hydrogen (secondary N) is 1. The first-order chi connectivity index (χ1) is 9.79. The van der Waals surface area contributed by atoms with Crippen LogP contribution in [0.4, 0.5) is 4.39 Å². The third kappa shape index (κ3) is 2.97. The number of ether oxygens (including phenoxy) is 2. The van der Waals surface area contributed by atoms with Crippen LogP contribution in [0.15, 0.2) is 27.6 Å². The molecule has 0 saturated heterocycles. The topological polar surface area (TPSA) is 107 Å². The number of H-pyrrole nitrogens is 1. The van der Waals surface area contributed by atoms with Gasteiger partial charge in [0.05, 0.1) is 6.20 Å². The Labute approximate surface area is 116 Å². The van der Waals surface area contributed by atoms with Gasteiger partial charge in [-0.05, 0) is 6.92 Å². The molecule has 112 valence electrons. The van der Waals surface area contributed by atoms with Gasteiger partial charge in [-0.2, -0.15) is 4.39 Å². The SMILES string of the molecule is CC(=O)OC1=CC(n2cc(F)c(=O)[nH]c2=O)OC(C)C1=O. The van der Waals surface area contributed by atoms with Crippen LogP contribution in [0.25, 0.3) is 0 Å². The van der Waals surface area contributed by atoms with Crippen LogP contribution in [0.3, 0.4) is 0 Å². The summed E-state index contributed by atoms with van der Waals surface area (Å²) in [4.78, 5) is 47.1. The third-order valence-corrected chi connectivity index (χ3v) is 2.70. The molecular formula is C12H11FN2O6. The van der Waals surface area contributed by atoms with Gasteiger partial charge in [0, 0.05) is 13.0 Å². The molecule has 2 atom stereocenters. The van der Waals surface area contributed by atoms with Crippen molar-refractivity contribution >= 4 is 11.8 Å². The summed E-state index contributed by atoms with van der Waals surface area (Å²) in [5, 5.41) is 0. The fourth-order valence-corrected chi connectivity index (χ4v) is 1.76. The summed E-state index contributed by atoms with van der Waals surface area (Å²) in [6.07, 6.45) is -0.485. The van der Waals surface area contributed by atoms with E-state index in [0.29, 0.717) is 6.20 Å². The Morgan fingerprint density at radius 3 is 2.71 bits per heavy atom. The van der Waals surface area contributed by atoms with Gasteiger partial charge in [0.1, 0.15) is 6.10 Å². The summed E-state index contributed by atoms with van der Waals surface area (Å²) in [7, 11) is 0. The molecule has 1 aliphatic rings. The van der Waals surface area contributed by atoms with Crippen molar-refractivity contribution in [2.45, 2.75) is 26.2 Å². The molecule has 2 unspecified atom stereocenters. The Hall–Kier alpha value is -2.55. The largest absolute Gasteiger partial charge is 0.423 e. The molecule has 0 spiro atoms. The normalized spacial score (nSPS) is 21.9. The van der Waals surface area contributed by atoms with E-state index in [0.717, 1.165) is 17.6 Å². The fraction of sp³-hybridized carbons (Fsp3) is 0.333. The summed E-state index contributed by atoms with van der Waals surface area (Å²) in [6, 6.07) is 0. The van der Waals surface area contributed by atoms with E-state index in [4.69, 9.17) is 9.47 Å². The van der Waals surface area contributed by atoms with Crippen LogP contribution in [0, 0.1) is 5.82 Å². The van der Waals surface area contributed by atoms with Crippen molar-refractivity contribution in [1.29, 1.82) is 0 Å². The third-order valence-electron chi connectivity index (χ3n) is 2.70. The number of carbonyl (C=O) groups is 2. The average Bonchev–Trinajstić information content (AvgIpc) is 2.38. The van der Waals surface area contributed by atoms with E-state index in [1.165, 1.54) is 6.92 Å².